The minimum Gasteiger partial charge on any atom is -0.468 e. The van der Waals surface area contributed by atoms with E-state index in [1.807, 2.05) is 0 Å². The van der Waals surface area contributed by atoms with Crippen molar-refractivity contribution >= 4 is 16.0 Å². The van der Waals surface area contributed by atoms with Crippen molar-refractivity contribution in [2.24, 2.45) is 0 Å². The van der Waals surface area contributed by atoms with Crippen LogP contribution in [-0.4, -0.2) is 46.5 Å². The molecule has 0 aliphatic rings. The third-order valence-electron chi connectivity index (χ3n) is 1.97. The molecule has 2 atom stereocenters. The van der Waals surface area contributed by atoms with Gasteiger partial charge in [0.05, 0.1) is 13.2 Å². The number of nitrogens with one attached hydrogen (secondary N) is 1. The molecule has 0 saturated heterocycles. The number of esters is 1. The normalized spacial score (nSPS) is 15.7. The Morgan fingerprint density at radius 1 is 1.33 bits per heavy atom. The highest BCUT2D eigenvalue weighted by Gasteiger charge is 2.28. The van der Waals surface area contributed by atoms with Crippen molar-refractivity contribution in [1.29, 1.82) is 0 Å². The van der Waals surface area contributed by atoms with E-state index in [9.17, 15) is 13.2 Å². The second kappa shape index (κ2) is 6.04. The highest BCUT2D eigenvalue weighted by atomic mass is 32.2. The molecule has 0 heterocycles. The average molecular weight is 239 g/mol. The van der Waals surface area contributed by atoms with Crippen molar-refractivity contribution < 1.29 is 22.7 Å². The molecule has 0 fully saturated rings. The fraction of sp³-hybridized carbons (Fsp3) is 0.875. The molecular formula is C8H17NO5S. The van der Waals surface area contributed by atoms with E-state index in [0.29, 0.717) is 0 Å². The molecule has 2 unspecified atom stereocenters. The van der Waals surface area contributed by atoms with E-state index in [-0.39, 0.29) is 12.6 Å². The summed E-state index contributed by atoms with van der Waals surface area (Å²) in [6, 6.07) is 0. The van der Waals surface area contributed by atoms with Gasteiger partial charge in [-0.2, -0.15) is 0 Å². The molecule has 0 saturated carbocycles. The molecule has 0 aliphatic heterocycles. The topological polar surface area (TPSA) is 81.7 Å². The number of hydrogen-bond donors (Lipinski definition) is 1. The van der Waals surface area contributed by atoms with Crippen molar-refractivity contribution in [2.75, 3.05) is 20.8 Å². The summed E-state index contributed by atoms with van der Waals surface area (Å²) in [6.45, 7) is 3.11. The second-order valence-corrected chi connectivity index (χ2v) is 5.19. The first-order chi connectivity index (χ1) is 6.85. The van der Waals surface area contributed by atoms with Gasteiger partial charge in [0.1, 0.15) is 0 Å². The highest BCUT2D eigenvalue weighted by molar-refractivity contribution is 7.90. The molecule has 0 bridgehead atoms. The Balaban J connectivity index is 4.36. The van der Waals surface area contributed by atoms with E-state index in [1.165, 1.54) is 14.0 Å². The summed E-state index contributed by atoms with van der Waals surface area (Å²) in [7, 11) is -1.06. The Morgan fingerprint density at radius 3 is 2.27 bits per heavy atom. The van der Waals surface area contributed by atoms with E-state index < -0.39 is 21.2 Å². The van der Waals surface area contributed by atoms with Gasteiger partial charge in [-0.25, -0.2) is 13.1 Å². The van der Waals surface area contributed by atoms with Gasteiger partial charge >= 0.3 is 5.97 Å². The van der Waals surface area contributed by atoms with Gasteiger partial charge in [-0.15, -0.1) is 0 Å². The van der Waals surface area contributed by atoms with Gasteiger partial charge in [-0.05, 0) is 13.8 Å². The molecule has 0 radical (unpaired) electrons. The Kier molecular flexibility index (Phi) is 5.77. The average Bonchev–Trinajstić information content (AvgIpc) is 2.23. The largest absolute Gasteiger partial charge is 0.468 e. The summed E-state index contributed by atoms with van der Waals surface area (Å²) in [5, 5.41) is -1.22. The fourth-order valence-corrected chi connectivity index (χ4v) is 1.80. The number of rotatable bonds is 6. The van der Waals surface area contributed by atoms with E-state index in [2.05, 4.69) is 9.46 Å². The summed E-state index contributed by atoms with van der Waals surface area (Å²) >= 11 is 0. The van der Waals surface area contributed by atoms with Crippen LogP contribution in [0.4, 0.5) is 0 Å². The Bertz CT molecular complexity index is 300. The standard InChI is InChI=1S/C8H17NO5S/c1-6(13-3)5-9-15(11,12)7(2)8(10)14-4/h6-7,9H,5H2,1-4H3. The summed E-state index contributed by atoms with van der Waals surface area (Å²) in [5.41, 5.74) is 0. The van der Waals surface area contributed by atoms with Crippen molar-refractivity contribution in [2.45, 2.75) is 25.2 Å². The van der Waals surface area contributed by atoms with Crippen molar-refractivity contribution in [3.63, 3.8) is 0 Å². The minimum absolute atomic E-state index is 0.125. The van der Waals surface area contributed by atoms with Crippen LogP contribution in [0.15, 0.2) is 0 Å². The van der Waals surface area contributed by atoms with Crippen LogP contribution in [0.25, 0.3) is 0 Å². The molecule has 0 aromatic carbocycles. The Morgan fingerprint density at radius 2 is 1.87 bits per heavy atom. The van der Waals surface area contributed by atoms with Gasteiger partial charge in [0.2, 0.25) is 10.0 Å². The predicted octanol–water partition coefficient (Wildman–Crippen LogP) is -0.498. The van der Waals surface area contributed by atoms with Crippen LogP contribution in [0.5, 0.6) is 0 Å². The fourth-order valence-electron chi connectivity index (χ4n) is 0.734. The lowest BCUT2D eigenvalue weighted by Gasteiger charge is -2.14. The third kappa shape index (κ3) is 4.59. The lowest BCUT2D eigenvalue weighted by molar-refractivity contribution is -0.139. The Labute approximate surface area is 90.0 Å². The SMILES string of the molecule is COC(=O)C(C)S(=O)(=O)NCC(C)OC. The quantitative estimate of drug-likeness (QED) is 0.632. The number of ether oxygens (including phenoxy) is 2. The molecule has 0 aliphatic carbocycles. The molecule has 0 amide bonds. The lowest BCUT2D eigenvalue weighted by atomic mass is 10.4. The monoisotopic (exact) mass is 239 g/mol. The summed E-state index contributed by atoms with van der Waals surface area (Å²) < 4.78 is 34.4. The third-order valence-corrected chi connectivity index (χ3v) is 3.67. The van der Waals surface area contributed by atoms with Crippen LogP contribution >= 0.6 is 0 Å². The molecular weight excluding hydrogens is 222 g/mol. The zero-order valence-corrected chi connectivity index (χ0v) is 10.1. The molecule has 15 heavy (non-hydrogen) atoms. The summed E-state index contributed by atoms with van der Waals surface area (Å²) in [6.07, 6.45) is -0.246. The molecule has 0 aromatic rings. The maximum Gasteiger partial charge on any atom is 0.325 e. The van der Waals surface area contributed by atoms with Gasteiger partial charge in [0.15, 0.2) is 5.25 Å². The van der Waals surface area contributed by atoms with E-state index in [4.69, 9.17) is 4.74 Å². The van der Waals surface area contributed by atoms with Gasteiger partial charge < -0.3 is 9.47 Å². The van der Waals surface area contributed by atoms with Gasteiger partial charge in [-0.3, -0.25) is 4.79 Å². The number of carbonyl (C=O) groups excluding carboxylic acids is 1. The van der Waals surface area contributed by atoms with Crippen molar-refractivity contribution in [1.82, 2.24) is 4.72 Å². The maximum absolute atomic E-state index is 11.5. The molecule has 1 N–H and O–H groups in total. The number of methoxy groups -OCH3 is 2. The molecule has 0 rings (SSSR count). The molecule has 0 spiro atoms. The maximum atomic E-state index is 11.5. The predicted molar refractivity (Wildman–Crippen MR) is 54.9 cm³/mol. The van der Waals surface area contributed by atoms with Gasteiger partial charge in [0, 0.05) is 13.7 Å². The molecule has 0 aromatic heterocycles. The zero-order chi connectivity index (χ0) is 12.1. The summed E-state index contributed by atoms with van der Waals surface area (Å²) in [5.74, 6) is -0.785. The molecule has 90 valence electrons. The lowest BCUT2D eigenvalue weighted by Crippen LogP contribution is -2.41. The molecule has 7 heteroatoms. The van der Waals surface area contributed by atoms with Crippen LogP contribution in [0.3, 0.4) is 0 Å². The van der Waals surface area contributed by atoms with Crippen LogP contribution < -0.4 is 4.72 Å². The highest BCUT2D eigenvalue weighted by Crippen LogP contribution is 2.00. The number of hydrogen-bond acceptors (Lipinski definition) is 5. The zero-order valence-electron chi connectivity index (χ0n) is 9.31. The van der Waals surface area contributed by atoms with Gasteiger partial charge in [0.25, 0.3) is 0 Å². The van der Waals surface area contributed by atoms with Crippen LogP contribution in [0.1, 0.15) is 13.8 Å². The first kappa shape index (κ1) is 14.3. The number of sulfonamides is 1. The number of carbonyl (C=O) groups is 1. The van der Waals surface area contributed by atoms with E-state index in [1.54, 1.807) is 6.92 Å². The van der Waals surface area contributed by atoms with Crippen molar-refractivity contribution in [3.8, 4) is 0 Å². The minimum atomic E-state index is -3.68. The second-order valence-electron chi connectivity index (χ2n) is 3.11. The molecule has 6 nitrogen and oxygen atoms in total. The summed E-state index contributed by atoms with van der Waals surface area (Å²) in [4.78, 5) is 11.0. The smallest absolute Gasteiger partial charge is 0.325 e. The first-order valence-corrected chi connectivity index (χ1v) is 5.99. The van der Waals surface area contributed by atoms with E-state index >= 15 is 0 Å². The van der Waals surface area contributed by atoms with E-state index in [0.717, 1.165) is 7.11 Å². The van der Waals surface area contributed by atoms with Crippen LogP contribution in [-0.2, 0) is 24.3 Å². The van der Waals surface area contributed by atoms with Gasteiger partial charge in [-0.1, -0.05) is 0 Å². The Hall–Kier alpha value is -0.660. The first-order valence-electron chi connectivity index (χ1n) is 4.44. The van der Waals surface area contributed by atoms with Crippen LogP contribution in [0, 0.1) is 0 Å². The van der Waals surface area contributed by atoms with Crippen LogP contribution in [0.2, 0.25) is 0 Å². The van der Waals surface area contributed by atoms with Crippen molar-refractivity contribution in [3.05, 3.63) is 0 Å².